The summed E-state index contributed by atoms with van der Waals surface area (Å²) < 4.78 is 0. The lowest BCUT2D eigenvalue weighted by atomic mass is 9.89. The smallest absolute Gasteiger partial charge is 0.224 e. The van der Waals surface area contributed by atoms with Gasteiger partial charge in [-0.3, -0.25) is 9.69 Å². The number of hydrogen-bond acceptors (Lipinski definition) is 4. The van der Waals surface area contributed by atoms with Crippen molar-refractivity contribution in [3.8, 4) is 11.1 Å². The lowest BCUT2D eigenvalue weighted by Gasteiger charge is -2.39. The van der Waals surface area contributed by atoms with Gasteiger partial charge in [0.25, 0.3) is 0 Å². The van der Waals surface area contributed by atoms with Crippen LogP contribution in [0.3, 0.4) is 0 Å². The number of hydrogen-bond donors (Lipinski definition) is 1. The van der Waals surface area contributed by atoms with Crippen LogP contribution in [-0.2, 0) is 11.3 Å². The highest BCUT2D eigenvalue weighted by Crippen LogP contribution is 2.41. The Kier molecular flexibility index (Phi) is 6.87. The number of carbonyl (C=O) groups excluding carboxylic acids is 1. The van der Waals surface area contributed by atoms with Crippen molar-refractivity contribution < 1.29 is 4.79 Å². The number of carbonyl (C=O) groups is 1. The number of rotatable bonds is 5. The van der Waals surface area contributed by atoms with Gasteiger partial charge in [0.15, 0.2) is 0 Å². The van der Waals surface area contributed by atoms with Gasteiger partial charge < -0.3 is 10.2 Å². The lowest BCUT2D eigenvalue weighted by Crippen LogP contribution is -2.43. The van der Waals surface area contributed by atoms with Crippen LogP contribution in [0.25, 0.3) is 11.1 Å². The summed E-state index contributed by atoms with van der Waals surface area (Å²) in [7, 11) is 0. The van der Waals surface area contributed by atoms with Crippen LogP contribution in [0, 0.1) is 6.92 Å². The summed E-state index contributed by atoms with van der Waals surface area (Å²) in [6, 6.07) is 19.8. The number of pyridine rings is 1. The number of benzene rings is 2. The molecule has 1 N–H and O–H groups in total. The van der Waals surface area contributed by atoms with E-state index in [1.54, 1.807) is 6.92 Å². The second kappa shape index (κ2) is 10.2. The van der Waals surface area contributed by atoms with E-state index >= 15 is 0 Å². The molecule has 3 aromatic rings. The van der Waals surface area contributed by atoms with E-state index in [9.17, 15) is 4.79 Å². The number of anilines is 2. The number of fused-ring (bicyclic) bond motifs is 1. The molecule has 0 aliphatic carbocycles. The standard InChI is InChI=1S/C30H36N4O/c1-21-7-14-30(31-19-21)32-28-17-22(2)34(23(3)35)29-13-12-26(18-27(28)29)25-10-8-24(9-11-25)20-33-15-5-4-6-16-33/h7-14,18-19,22,28H,4-6,15-17,20H2,1-3H3,(H,31,32). The van der Waals surface area contributed by atoms with Gasteiger partial charge in [0.2, 0.25) is 5.91 Å². The second-order valence-electron chi connectivity index (χ2n) is 10.2. The zero-order chi connectivity index (χ0) is 24.4. The van der Waals surface area contributed by atoms with E-state index in [4.69, 9.17) is 0 Å². The van der Waals surface area contributed by atoms with Gasteiger partial charge in [-0.15, -0.1) is 0 Å². The molecule has 2 aliphatic heterocycles. The van der Waals surface area contributed by atoms with Crippen molar-refractivity contribution in [2.45, 2.75) is 65.1 Å². The van der Waals surface area contributed by atoms with Crippen LogP contribution in [0.1, 0.15) is 62.3 Å². The maximum absolute atomic E-state index is 12.5. The average molecular weight is 469 g/mol. The molecule has 2 aliphatic rings. The monoisotopic (exact) mass is 468 g/mol. The van der Waals surface area contributed by atoms with Crippen molar-refractivity contribution in [2.24, 2.45) is 0 Å². The third-order valence-electron chi connectivity index (χ3n) is 7.39. The molecular formula is C30H36N4O. The molecule has 2 aromatic carbocycles. The van der Waals surface area contributed by atoms with Crippen molar-refractivity contribution in [3.63, 3.8) is 0 Å². The summed E-state index contributed by atoms with van der Waals surface area (Å²) in [6.45, 7) is 9.28. The Labute approximate surface area is 209 Å². The molecule has 0 spiro atoms. The quantitative estimate of drug-likeness (QED) is 0.475. The highest BCUT2D eigenvalue weighted by Gasteiger charge is 2.32. The second-order valence-corrected chi connectivity index (χ2v) is 10.2. The van der Waals surface area contributed by atoms with E-state index < -0.39 is 0 Å². The van der Waals surface area contributed by atoms with Crippen LogP contribution < -0.4 is 10.2 Å². The fourth-order valence-corrected chi connectivity index (χ4v) is 5.57. The first-order valence-corrected chi connectivity index (χ1v) is 12.9. The van der Waals surface area contributed by atoms with Gasteiger partial charge in [-0.05, 0) is 92.2 Å². The van der Waals surface area contributed by atoms with Crippen LogP contribution in [0.15, 0.2) is 60.8 Å². The maximum atomic E-state index is 12.5. The molecule has 2 atom stereocenters. The zero-order valence-corrected chi connectivity index (χ0v) is 21.1. The third kappa shape index (κ3) is 5.25. The van der Waals surface area contributed by atoms with Gasteiger partial charge in [-0.1, -0.05) is 42.8 Å². The van der Waals surface area contributed by atoms with Gasteiger partial charge in [0.05, 0.1) is 6.04 Å². The predicted molar refractivity (Wildman–Crippen MR) is 144 cm³/mol. The van der Waals surface area contributed by atoms with Crippen LogP contribution in [0.5, 0.6) is 0 Å². The summed E-state index contributed by atoms with van der Waals surface area (Å²) in [5.74, 6) is 0.947. The van der Waals surface area contributed by atoms with Crippen molar-refractivity contribution in [2.75, 3.05) is 23.3 Å². The fraction of sp³-hybridized carbons (Fsp3) is 0.400. The first-order chi connectivity index (χ1) is 17.0. The van der Waals surface area contributed by atoms with E-state index in [0.717, 1.165) is 35.6 Å². The molecule has 5 heteroatoms. The van der Waals surface area contributed by atoms with Gasteiger partial charge in [0, 0.05) is 31.4 Å². The van der Waals surface area contributed by atoms with Crippen molar-refractivity contribution in [1.82, 2.24) is 9.88 Å². The summed E-state index contributed by atoms with van der Waals surface area (Å²) >= 11 is 0. The average Bonchev–Trinajstić information content (AvgIpc) is 2.86. The molecule has 1 amide bonds. The van der Waals surface area contributed by atoms with Crippen molar-refractivity contribution in [3.05, 3.63) is 77.5 Å². The lowest BCUT2D eigenvalue weighted by molar-refractivity contribution is -0.117. The molecule has 5 rings (SSSR count). The normalized spacial score (nSPS) is 20.4. The number of piperidine rings is 1. The largest absolute Gasteiger partial charge is 0.363 e. The van der Waals surface area contributed by atoms with Crippen LogP contribution in [-0.4, -0.2) is 34.9 Å². The van der Waals surface area contributed by atoms with Gasteiger partial charge in [0.1, 0.15) is 5.82 Å². The molecule has 5 nitrogen and oxygen atoms in total. The summed E-state index contributed by atoms with van der Waals surface area (Å²) in [5, 5.41) is 3.63. The first-order valence-electron chi connectivity index (χ1n) is 12.9. The number of likely N-dealkylation sites (tertiary alicyclic amines) is 1. The van der Waals surface area contributed by atoms with Gasteiger partial charge in [-0.25, -0.2) is 4.98 Å². The minimum Gasteiger partial charge on any atom is -0.363 e. The van der Waals surface area contributed by atoms with Crippen LogP contribution in [0.2, 0.25) is 0 Å². The SMILES string of the molecule is CC(=O)N1c2ccc(-c3ccc(CN4CCCCC4)cc3)cc2C(Nc2ccc(C)cn2)CC1C. The molecule has 35 heavy (non-hydrogen) atoms. The highest BCUT2D eigenvalue weighted by molar-refractivity contribution is 5.94. The Hall–Kier alpha value is -3.18. The number of nitrogens with zero attached hydrogens (tertiary/aromatic N) is 3. The van der Waals surface area contributed by atoms with E-state index in [1.807, 2.05) is 24.1 Å². The number of nitrogens with one attached hydrogen (secondary N) is 1. The highest BCUT2D eigenvalue weighted by atomic mass is 16.2. The van der Waals surface area contributed by atoms with Crippen LogP contribution >= 0.6 is 0 Å². The number of amides is 1. The molecule has 1 aromatic heterocycles. The molecular weight excluding hydrogens is 432 g/mol. The Morgan fingerprint density at radius 1 is 1.00 bits per heavy atom. The molecule has 2 unspecified atom stereocenters. The van der Waals surface area contributed by atoms with Gasteiger partial charge >= 0.3 is 0 Å². The minimum absolute atomic E-state index is 0.0838. The Balaban J connectivity index is 1.43. The molecule has 0 radical (unpaired) electrons. The molecule has 0 saturated carbocycles. The molecule has 1 saturated heterocycles. The summed E-state index contributed by atoms with van der Waals surface area (Å²) in [4.78, 5) is 21.6. The molecule has 1 fully saturated rings. The van der Waals surface area contributed by atoms with E-state index in [-0.39, 0.29) is 18.0 Å². The maximum Gasteiger partial charge on any atom is 0.224 e. The van der Waals surface area contributed by atoms with E-state index in [2.05, 4.69) is 70.7 Å². The summed E-state index contributed by atoms with van der Waals surface area (Å²) in [6.07, 6.45) is 6.72. The zero-order valence-electron chi connectivity index (χ0n) is 21.1. The number of aromatic nitrogens is 1. The molecule has 0 bridgehead atoms. The minimum atomic E-state index is 0.0838. The number of aryl methyl sites for hydroxylation is 1. The van der Waals surface area contributed by atoms with Crippen molar-refractivity contribution >= 4 is 17.4 Å². The topological polar surface area (TPSA) is 48.5 Å². The van der Waals surface area contributed by atoms with Crippen LogP contribution in [0.4, 0.5) is 11.5 Å². The van der Waals surface area contributed by atoms with Gasteiger partial charge in [-0.2, -0.15) is 0 Å². The Morgan fingerprint density at radius 2 is 1.74 bits per heavy atom. The molecule has 182 valence electrons. The first kappa shape index (κ1) is 23.6. The third-order valence-corrected chi connectivity index (χ3v) is 7.39. The van der Waals surface area contributed by atoms with E-state index in [1.165, 1.54) is 49.0 Å². The fourth-order valence-electron chi connectivity index (χ4n) is 5.57. The Morgan fingerprint density at radius 3 is 2.43 bits per heavy atom. The van der Waals surface area contributed by atoms with E-state index in [0.29, 0.717) is 0 Å². The van der Waals surface area contributed by atoms with Crippen molar-refractivity contribution in [1.29, 1.82) is 0 Å². The molecule has 3 heterocycles. The predicted octanol–water partition coefficient (Wildman–Crippen LogP) is 6.34. The Bertz CT molecular complexity index is 1170. The summed E-state index contributed by atoms with van der Waals surface area (Å²) in [5.41, 5.74) is 7.03.